The van der Waals surface area contributed by atoms with E-state index in [2.05, 4.69) is 50.5 Å². The maximum atomic E-state index is 12.1. The van der Waals surface area contributed by atoms with Crippen LogP contribution in [0.5, 0.6) is 0 Å². The molecule has 2 N–H and O–H groups in total. The average molecular weight is 391 g/mol. The molecule has 0 aliphatic rings. The lowest BCUT2D eigenvalue weighted by Gasteiger charge is -2.10. The fourth-order valence-corrected chi connectivity index (χ4v) is 2.67. The molecule has 0 bridgehead atoms. The Morgan fingerprint density at radius 1 is 1.25 bits per heavy atom. The fraction of sp³-hybridized carbons (Fsp3) is 0.333. The molecule has 2 rings (SSSR count). The molecule has 0 aliphatic heterocycles. The molecule has 0 unspecified atom stereocenters. The molecule has 0 saturated heterocycles. The number of carbonyl (C=O) groups is 1. The van der Waals surface area contributed by atoms with Gasteiger partial charge in [0, 0.05) is 11.0 Å². The van der Waals surface area contributed by atoms with Gasteiger partial charge in [0.2, 0.25) is 5.91 Å². The molecule has 5 nitrogen and oxygen atoms in total. The van der Waals surface area contributed by atoms with Crippen molar-refractivity contribution >= 4 is 33.3 Å². The van der Waals surface area contributed by atoms with E-state index in [9.17, 15) is 4.79 Å². The molecule has 1 heterocycles. The lowest BCUT2D eigenvalue weighted by molar-refractivity contribution is -0.115. The molecule has 0 saturated carbocycles. The van der Waals surface area contributed by atoms with Gasteiger partial charge in [0.25, 0.3) is 0 Å². The number of halogens is 1. The van der Waals surface area contributed by atoms with Crippen LogP contribution in [0.3, 0.4) is 0 Å². The number of pyridine rings is 1. The maximum absolute atomic E-state index is 12.1. The minimum atomic E-state index is -0.0541. The van der Waals surface area contributed by atoms with Crippen LogP contribution in [0.2, 0.25) is 0 Å². The van der Waals surface area contributed by atoms with Gasteiger partial charge >= 0.3 is 0 Å². The van der Waals surface area contributed by atoms with E-state index >= 15 is 0 Å². The largest absolute Gasteiger partial charge is 0.370 e. The number of carbonyl (C=O) groups excluding carboxylic acids is 1. The van der Waals surface area contributed by atoms with Crippen LogP contribution in [-0.2, 0) is 11.2 Å². The van der Waals surface area contributed by atoms with E-state index in [-0.39, 0.29) is 5.91 Å². The second-order valence-electron chi connectivity index (χ2n) is 5.87. The highest BCUT2D eigenvalue weighted by molar-refractivity contribution is 9.10. The van der Waals surface area contributed by atoms with Crippen molar-refractivity contribution in [3.63, 3.8) is 0 Å². The average Bonchev–Trinajstić information content (AvgIpc) is 2.53. The zero-order chi connectivity index (χ0) is 17.4. The lowest BCUT2D eigenvalue weighted by atomic mass is 10.1. The Kier molecular flexibility index (Phi) is 7.21. The zero-order valence-corrected chi connectivity index (χ0v) is 15.6. The molecule has 24 heavy (non-hydrogen) atoms. The van der Waals surface area contributed by atoms with Gasteiger partial charge < -0.3 is 15.5 Å². The molecule has 0 atom stereocenters. The Morgan fingerprint density at radius 3 is 2.75 bits per heavy atom. The first kappa shape index (κ1) is 18.4. The van der Waals surface area contributed by atoms with E-state index in [1.54, 1.807) is 6.20 Å². The Labute approximate surface area is 151 Å². The Morgan fingerprint density at radius 2 is 2.08 bits per heavy atom. The van der Waals surface area contributed by atoms with E-state index in [0.717, 1.165) is 35.4 Å². The van der Waals surface area contributed by atoms with Crippen LogP contribution in [0.4, 0.5) is 11.5 Å². The molecule has 0 spiro atoms. The summed E-state index contributed by atoms with van der Waals surface area (Å²) in [6, 6.07) is 11.5. The smallest absolute Gasteiger partial charge is 0.228 e. The van der Waals surface area contributed by atoms with Crippen molar-refractivity contribution in [2.75, 3.05) is 37.8 Å². The van der Waals surface area contributed by atoms with Gasteiger partial charge in [0.15, 0.2) is 0 Å². The number of aromatic nitrogens is 1. The minimum absolute atomic E-state index is 0.0541. The monoisotopic (exact) mass is 390 g/mol. The van der Waals surface area contributed by atoms with Crippen LogP contribution < -0.4 is 10.6 Å². The number of hydrogen-bond donors (Lipinski definition) is 2. The molecule has 0 radical (unpaired) electrons. The highest BCUT2D eigenvalue weighted by atomic mass is 79.9. The van der Waals surface area contributed by atoms with Gasteiger partial charge in [-0.1, -0.05) is 28.1 Å². The third kappa shape index (κ3) is 6.68. The van der Waals surface area contributed by atoms with Gasteiger partial charge in [-0.3, -0.25) is 4.79 Å². The van der Waals surface area contributed by atoms with Gasteiger partial charge in [0.1, 0.15) is 5.82 Å². The third-order valence-electron chi connectivity index (χ3n) is 3.39. The lowest BCUT2D eigenvalue weighted by Crippen LogP contribution is -2.17. The predicted molar refractivity (Wildman–Crippen MR) is 102 cm³/mol. The fourth-order valence-electron chi connectivity index (χ4n) is 2.22. The number of anilines is 2. The maximum Gasteiger partial charge on any atom is 0.228 e. The molecule has 1 aromatic heterocycles. The molecule has 6 heteroatoms. The number of hydrogen-bond acceptors (Lipinski definition) is 4. The molecule has 2 aromatic rings. The van der Waals surface area contributed by atoms with Gasteiger partial charge in [0.05, 0.1) is 18.3 Å². The summed E-state index contributed by atoms with van der Waals surface area (Å²) in [7, 11) is 4.12. The first-order chi connectivity index (χ1) is 11.5. The highest BCUT2D eigenvalue weighted by Gasteiger charge is 2.05. The summed E-state index contributed by atoms with van der Waals surface area (Å²) < 4.78 is 0.971. The number of rotatable bonds is 8. The first-order valence-electron chi connectivity index (χ1n) is 7.92. The molecule has 0 fully saturated rings. The van der Waals surface area contributed by atoms with Crippen LogP contribution in [0, 0.1) is 0 Å². The number of nitrogens with one attached hydrogen (secondary N) is 2. The summed E-state index contributed by atoms with van der Waals surface area (Å²) in [6.45, 7) is 1.91. The second kappa shape index (κ2) is 9.39. The summed E-state index contributed by atoms with van der Waals surface area (Å²) >= 11 is 3.41. The van der Waals surface area contributed by atoms with Crippen molar-refractivity contribution in [1.29, 1.82) is 0 Å². The van der Waals surface area contributed by atoms with Gasteiger partial charge in [-0.15, -0.1) is 0 Å². The molecule has 1 aromatic carbocycles. The third-order valence-corrected chi connectivity index (χ3v) is 3.88. The molecule has 128 valence electrons. The zero-order valence-electron chi connectivity index (χ0n) is 14.1. The second-order valence-corrected chi connectivity index (χ2v) is 6.79. The number of nitrogens with zero attached hydrogens (tertiary/aromatic N) is 2. The van der Waals surface area contributed by atoms with E-state index < -0.39 is 0 Å². The van der Waals surface area contributed by atoms with Crippen molar-refractivity contribution in [2.24, 2.45) is 0 Å². The summed E-state index contributed by atoms with van der Waals surface area (Å²) in [5.41, 5.74) is 1.67. The van der Waals surface area contributed by atoms with E-state index in [0.29, 0.717) is 12.1 Å². The van der Waals surface area contributed by atoms with Crippen LogP contribution in [0.1, 0.15) is 12.0 Å². The number of benzene rings is 1. The van der Waals surface area contributed by atoms with Crippen molar-refractivity contribution in [2.45, 2.75) is 12.8 Å². The Balaban J connectivity index is 1.79. The van der Waals surface area contributed by atoms with Gasteiger partial charge in [-0.25, -0.2) is 4.98 Å². The summed E-state index contributed by atoms with van der Waals surface area (Å²) in [6.07, 6.45) is 3.07. The SMILES string of the molecule is CN(C)CCCNc1ccc(NC(=O)Cc2cccc(Br)c2)cn1. The van der Waals surface area contributed by atoms with Gasteiger partial charge in [-0.2, -0.15) is 0 Å². The first-order valence-corrected chi connectivity index (χ1v) is 8.71. The van der Waals surface area contributed by atoms with Crippen LogP contribution in [0.15, 0.2) is 47.1 Å². The van der Waals surface area contributed by atoms with Crippen molar-refractivity contribution in [3.05, 3.63) is 52.6 Å². The van der Waals surface area contributed by atoms with Gasteiger partial charge in [-0.05, 0) is 56.9 Å². The number of amides is 1. The highest BCUT2D eigenvalue weighted by Crippen LogP contribution is 2.14. The molecule has 0 aliphatic carbocycles. The summed E-state index contributed by atoms with van der Waals surface area (Å²) in [4.78, 5) is 18.6. The minimum Gasteiger partial charge on any atom is -0.370 e. The molecular formula is C18H23BrN4O. The Bertz CT molecular complexity index is 658. The van der Waals surface area contributed by atoms with Crippen molar-refractivity contribution < 1.29 is 4.79 Å². The van der Waals surface area contributed by atoms with Crippen molar-refractivity contribution in [1.82, 2.24) is 9.88 Å². The van der Waals surface area contributed by atoms with E-state index in [1.807, 2.05) is 36.4 Å². The van der Waals surface area contributed by atoms with Crippen molar-refractivity contribution in [3.8, 4) is 0 Å². The van der Waals surface area contributed by atoms with Crippen LogP contribution in [0.25, 0.3) is 0 Å². The topological polar surface area (TPSA) is 57.3 Å². The standard InChI is InChI=1S/C18H23BrN4O/c1-23(2)10-4-9-20-17-8-7-16(13-21-17)22-18(24)12-14-5-3-6-15(19)11-14/h3,5-8,11,13H,4,9-10,12H2,1-2H3,(H,20,21)(H,22,24). The summed E-state index contributed by atoms with van der Waals surface area (Å²) in [5, 5.41) is 6.14. The molecular weight excluding hydrogens is 368 g/mol. The molecule has 1 amide bonds. The predicted octanol–water partition coefficient (Wildman–Crippen LogP) is 3.39. The van der Waals surface area contributed by atoms with Crippen LogP contribution >= 0.6 is 15.9 Å². The summed E-state index contributed by atoms with van der Waals surface area (Å²) in [5.74, 6) is 0.764. The van der Waals surface area contributed by atoms with E-state index in [4.69, 9.17) is 0 Å². The van der Waals surface area contributed by atoms with Crippen LogP contribution in [-0.4, -0.2) is 43.0 Å². The Hall–Kier alpha value is -1.92. The van der Waals surface area contributed by atoms with E-state index in [1.165, 1.54) is 0 Å². The normalized spacial score (nSPS) is 10.7. The quantitative estimate of drug-likeness (QED) is 0.678.